The van der Waals surface area contributed by atoms with Crippen molar-refractivity contribution >= 4 is 11.5 Å². The molecule has 19 heavy (non-hydrogen) atoms. The number of aryl methyl sites for hydroxylation is 1. The number of hydrogen-bond acceptors (Lipinski definition) is 5. The second kappa shape index (κ2) is 5.13. The van der Waals surface area contributed by atoms with Gasteiger partial charge in [-0.05, 0) is 33.6 Å². The van der Waals surface area contributed by atoms with Gasteiger partial charge in [-0.15, -0.1) is 0 Å². The molecule has 2 rings (SSSR count). The van der Waals surface area contributed by atoms with Crippen LogP contribution >= 0.6 is 0 Å². The summed E-state index contributed by atoms with van der Waals surface area (Å²) in [6.07, 6.45) is 3.27. The lowest BCUT2D eigenvalue weighted by atomic mass is 9.94. The summed E-state index contributed by atoms with van der Waals surface area (Å²) < 4.78 is 5.65. The van der Waals surface area contributed by atoms with Gasteiger partial charge in [-0.1, -0.05) is 0 Å². The fourth-order valence-electron chi connectivity index (χ4n) is 2.35. The first-order valence-electron chi connectivity index (χ1n) is 6.39. The van der Waals surface area contributed by atoms with Gasteiger partial charge in [0.05, 0.1) is 16.6 Å². The monoisotopic (exact) mass is 265 g/mol. The van der Waals surface area contributed by atoms with E-state index in [2.05, 4.69) is 10.3 Å². The number of aromatic nitrogens is 1. The normalized spacial score (nSPS) is 21.9. The third kappa shape index (κ3) is 3.41. The lowest BCUT2D eigenvalue weighted by Gasteiger charge is -2.36. The fourth-order valence-corrected chi connectivity index (χ4v) is 2.35. The lowest BCUT2D eigenvalue weighted by Crippen LogP contribution is -2.40. The molecule has 1 fully saturated rings. The van der Waals surface area contributed by atoms with E-state index >= 15 is 0 Å². The van der Waals surface area contributed by atoms with Gasteiger partial charge in [0.1, 0.15) is 5.82 Å². The zero-order valence-electron chi connectivity index (χ0n) is 11.5. The maximum Gasteiger partial charge on any atom is 0.277 e. The minimum absolute atomic E-state index is 0.101. The molecule has 1 aromatic rings. The van der Waals surface area contributed by atoms with Gasteiger partial charge in [0.15, 0.2) is 0 Å². The van der Waals surface area contributed by atoms with E-state index in [-0.39, 0.29) is 22.3 Å². The average molecular weight is 265 g/mol. The van der Waals surface area contributed by atoms with Crippen LogP contribution in [0.3, 0.4) is 0 Å². The molecule has 1 unspecified atom stereocenters. The van der Waals surface area contributed by atoms with Gasteiger partial charge in [0.2, 0.25) is 0 Å². The predicted molar refractivity (Wildman–Crippen MR) is 72.3 cm³/mol. The van der Waals surface area contributed by atoms with E-state index in [0.717, 1.165) is 12.8 Å². The largest absolute Gasteiger partial charge is 0.375 e. The van der Waals surface area contributed by atoms with Gasteiger partial charge in [0, 0.05) is 24.4 Å². The Morgan fingerprint density at radius 2 is 2.32 bits per heavy atom. The van der Waals surface area contributed by atoms with Crippen LogP contribution in [0, 0.1) is 17.0 Å². The van der Waals surface area contributed by atoms with Gasteiger partial charge in [-0.2, -0.15) is 0 Å². The van der Waals surface area contributed by atoms with Crippen molar-refractivity contribution in [2.24, 2.45) is 0 Å². The maximum absolute atomic E-state index is 10.9. The van der Waals surface area contributed by atoms with Crippen molar-refractivity contribution in [2.75, 3.05) is 11.9 Å². The molecule has 1 saturated heterocycles. The Balaban J connectivity index is 2.11. The Labute approximate surface area is 112 Å². The van der Waals surface area contributed by atoms with Crippen LogP contribution in [0.5, 0.6) is 0 Å². The zero-order valence-corrected chi connectivity index (χ0v) is 11.5. The summed E-state index contributed by atoms with van der Waals surface area (Å²) >= 11 is 0. The van der Waals surface area contributed by atoms with E-state index in [0.29, 0.717) is 18.0 Å². The topological polar surface area (TPSA) is 77.3 Å². The van der Waals surface area contributed by atoms with E-state index in [1.165, 1.54) is 12.3 Å². The number of nitrogens with zero attached hydrogens (tertiary/aromatic N) is 2. The van der Waals surface area contributed by atoms with Crippen molar-refractivity contribution in [1.82, 2.24) is 4.98 Å². The van der Waals surface area contributed by atoms with Gasteiger partial charge in [0.25, 0.3) is 5.69 Å². The Hall–Kier alpha value is -1.69. The van der Waals surface area contributed by atoms with E-state index in [4.69, 9.17) is 4.74 Å². The molecule has 0 amide bonds. The summed E-state index contributed by atoms with van der Waals surface area (Å²) in [6, 6.07) is 1.73. The highest BCUT2D eigenvalue weighted by atomic mass is 16.6. The molecule has 6 nitrogen and oxygen atoms in total. The Kier molecular flexibility index (Phi) is 3.71. The van der Waals surface area contributed by atoms with Crippen LogP contribution in [0.25, 0.3) is 0 Å². The van der Waals surface area contributed by atoms with Gasteiger partial charge >= 0.3 is 0 Å². The first-order valence-corrected chi connectivity index (χ1v) is 6.39. The SMILES string of the molecule is Cc1cnc(NC2CCOC(C)(C)C2)cc1[N+](=O)[O-]. The van der Waals surface area contributed by atoms with Gasteiger partial charge < -0.3 is 10.1 Å². The maximum atomic E-state index is 10.9. The van der Waals surface area contributed by atoms with Crippen molar-refractivity contribution in [2.45, 2.75) is 45.3 Å². The molecule has 0 aromatic carbocycles. The molecule has 0 saturated carbocycles. The molecule has 1 aliphatic rings. The molecule has 0 bridgehead atoms. The Morgan fingerprint density at radius 1 is 1.58 bits per heavy atom. The Morgan fingerprint density at radius 3 is 2.95 bits per heavy atom. The summed E-state index contributed by atoms with van der Waals surface area (Å²) in [5, 5.41) is 14.2. The second-order valence-corrected chi connectivity index (χ2v) is 5.56. The number of rotatable bonds is 3. The van der Waals surface area contributed by atoms with Gasteiger partial charge in [-0.25, -0.2) is 4.98 Å². The van der Waals surface area contributed by atoms with Crippen LogP contribution < -0.4 is 5.32 Å². The molecule has 0 spiro atoms. The van der Waals surface area contributed by atoms with Gasteiger partial charge in [-0.3, -0.25) is 10.1 Å². The minimum atomic E-state index is -0.379. The first-order chi connectivity index (χ1) is 8.87. The van der Waals surface area contributed by atoms with Crippen molar-refractivity contribution in [1.29, 1.82) is 0 Å². The van der Waals surface area contributed by atoms with Crippen molar-refractivity contribution in [3.05, 3.63) is 27.9 Å². The molecular weight excluding hydrogens is 246 g/mol. The number of hydrogen-bond donors (Lipinski definition) is 1. The summed E-state index contributed by atoms with van der Waals surface area (Å²) in [4.78, 5) is 14.7. The summed E-state index contributed by atoms with van der Waals surface area (Å²) in [6.45, 7) is 6.48. The molecule has 1 atom stereocenters. The highest BCUT2D eigenvalue weighted by Gasteiger charge is 2.29. The molecule has 1 N–H and O–H groups in total. The van der Waals surface area contributed by atoms with Crippen LogP contribution in [-0.2, 0) is 4.74 Å². The van der Waals surface area contributed by atoms with Crippen LogP contribution in [0.15, 0.2) is 12.3 Å². The molecule has 1 aromatic heterocycles. The molecule has 1 aliphatic heterocycles. The highest BCUT2D eigenvalue weighted by molar-refractivity contribution is 5.49. The minimum Gasteiger partial charge on any atom is -0.375 e. The fraction of sp³-hybridized carbons (Fsp3) is 0.615. The van der Waals surface area contributed by atoms with E-state index in [9.17, 15) is 10.1 Å². The zero-order chi connectivity index (χ0) is 14.0. The molecule has 2 heterocycles. The standard InChI is InChI=1S/C13H19N3O3/c1-9-8-14-12(6-11(9)16(17)18)15-10-4-5-19-13(2,3)7-10/h6,8,10H,4-5,7H2,1-3H3,(H,14,15). The highest BCUT2D eigenvalue weighted by Crippen LogP contribution is 2.27. The summed E-state index contributed by atoms with van der Waals surface area (Å²) in [5.74, 6) is 0.556. The third-order valence-corrected chi connectivity index (χ3v) is 3.32. The number of pyridine rings is 1. The van der Waals surface area contributed by atoms with Crippen molar-refractivity contribution < 1.29 is 9.66 Å². The molecule has 0 radical (unpaired) electrons. The van der Waals surface area contributed by atoms with Crippen LogP contribution in [0.4, 0.5) is 11.5 Å². The van der Waals surface area contributed by atoms with Crippen LogP contribution in [-0.4, -0.2) is 28.2 Å². The first kappa shape index (κ1) is 13.7. The Bertz CT molecular complexity index is 488. The lowest BCUT2D eigenvalue weighted by molar-refractivity contribution is -0.385. The molecule has 104 valence electrons. The predicted octanol–water partition coefficient (Wildman–Crippen LogP) is 2.67. The third-order valence-electron chi connectivity index (χ3n) is 3.32. The number of nitrogens with one attached hydrogen (secondary N) is 1. The quantitative estimate of drug-likeness (QED) is 0.671. The van der Waals surface area contributed by atoms with Crippen molar-refractivity contribution in [3.8, 4) is 0 Å². The van der Waals surface area contributed by atoms with E-state index in [1.807, 2.05) is 13.8 Å². The van der Waals surface area contributed by atoms with Crippen molar-refractivity contribution in [3.63, 3.8) is 0 Å². The van der Waals surface area contributed by atoms with Crippen LogP contribution in [0.2, 0.25) is 0 Å². The van der Waals surface area contributed by atoms with Crippen LogP contribution in [0.1, 0.15) is 32.3 Å². The average Bonchev–Trinajstić information content (AvgIpc) is 2.30. The smallest absolute Gasteiger partial charge is 0.277 e. The van der Waals surface area contributed by atoms with E-state index < -0.39 is 0 Å². The number of anilines is 1. The van der Waals surface area contributed by atoms with E-state index in [1.54, 1.807) is 6.92 Å². The number of ether oxygens (including phenoxy) is 1. The molecule has 6 heteroatoms. The summed E-state index contributed by atoms with van der Waals surface area (Å²) in [5.41, 5.74) is 0.513. The summed E-state index contributed by atoms with van der Waals surface area (Å²) in [7, 11) is 0. The molecular formula is C13H19N3O3. The molecule has 0 aliphatic carbocycles. The number of nitro groups is 1. The second-order valence-electron chi connectivity index (χ2n) is 5.56.